The zero-order chi connectivity index (χ0) is 39.6. The number of nitrogens with zero attached hydrogens (tertiary/aromatic N) is 1. The average Bonchev–Trinajstić information content (AvgIpc) is 3.73. The minimum atomic E-state index is -2.83. The highest BCUT2D eigenvalue weighted by molar-refractivity contribution is 7.22. The topological polar surface area (TPSA) is 3.24 Å². The summed E-state index contributed by atoms with van der Waals surface area (Å²) in [5.41, 5.74) is 16.2. The van der Waals surface area contributed by atoms with Crippen LogP contribution >= 0.6 is 0 Å². The van der Waals surface area contributed by atoms with Gasteiger partial charge in [-0.15, -0.1) is 0 Å². The molecule has 9 aromatic carbocycles. The lowest BCUT2D eigenvalue weighted by Gasteiger charge is -2.34. The fraction of sp³-hybridized carbons (Fsp3) is 0.0526. The van der Waals surface area contributed by atoms with Crippen molar-refractivity contribution < 1.29 is 0 Å². The van der Waals surface area contributed by atoms with Crippen LogP contribution in [0, 0.1) is 0 Å². The van der Waals surface area contributed by atoms with Crippen molar-refractivity contribution in [2.24, 2.45) is 0 Å². The summed E-state index contributed by atoms with van der Waals surface area (Å²) in [4.78, 5) is 2.50. The van der Waals surface area contributed by atoms with Gasteiger partial charge in [0.1, 0.15) is 0 Å². The van der Waals surface area contributed by atoms with Gasteiger partial charge in [-0.25, -0.2) is 0 Å². The molecule has 9 aromatic rings. The summed E-state index contributed by atoms with van der Waals surface area (Å²) in [6, 6.07) is 84.0. The number of benzene rings is 9. The van der Waals surface area contributed by atoms with Crippen molar-refractivity contribution in [2.75, 3.05) is 4.90 Å². The van der Waals surface area contributed by atoms with E-state index in [1.165, 1.54) is 76.4 Å². The Morgan fingerprint density at radius 2 is 0.814 bits per heavy atom. The van der Waals surface area contributed by atoms with Crippen molar-refractivity contribution in [1.82, 2.24) is 0 Å². The number of anilines is 3. The van der Waals surface area contributed by atoms with E-state index in [9.17, 15) is 0 Å². The Labute approximate surface area is 348 Å². The van der Waals surface area contributed by atoms with Crippen LogP contribution in [0.4, 0.5) is 17.1 Å². The van der Waals surface area contributed by atoms with Gasteiger partial charge in [-0.1, -0.05) is 202 Å². The standard InChI is InChI=1S/C57H43NSi/c1-57(2)53-27-15-12-24-49(53)50-35-34-45(39-54(50)57)58(44-32-30-42(31-33-44)40-18-6-3-7-19-40)46-36-43(41-20-8-4-9-21-41)37-48(38-46)59(47-22-10-5-11-23-47)55-28-16-13-25-51(55)52-26-14-17-29-56(52)59/h3-39H,1-2H3. The van der Waals surface area contributed by atoms with E-state index in [-0.39, 0.29) is 5.41 Å². The van der Waals surface area contributed by atoms with Crippen molar-refractivity contribution in [1.29, 1.82) is 0 Å². The summed E-state index contributed by atoms with van der Waals surface area (Å²) in [5, 5.41) is 5.65. The number of fused-ring (bicyclic) bond motifs is 6. The summed E-state index contributed by atoms with van der Waals surface area (Å²) in [6.07, 6.45) is 0. The first-order valence-electron chi connectivity index (χ1n) is 20.7. The van der Waals surface area contributed by atoms with Gasteiger partial charge in [-0.2, -0.15) is 0 Å². The molecule has 1 nitrogen and oxygen atoms in total. The van der Waals surface area contributed by atoms with Gasteiger partial charge in [0.05, 0.1) is 0 Å². The lowest BCUT2D eigenvalue weighted by atomic mass is 9.82. The highest BCUT2D eigenvalue weighted by Gasteiger charge is 2.49. The zero-order valence-corrected chi connectivity index (χ0v) is 34.3. The van der Waals surface area contributed by atoms with Crippen LogP contribution in [0.3, 0.4) is 0 Å². The van der Waals surface area contributed by atoms with E-state index in [1.807, 2.05) is 0 Å². The molecule has 0 fully saturated rings. The molecule has 0 amide bonds. The maximum atomic E-state index is 2.53. The largest absolute Gasteiger partial charge is 0.310 e. The van der Waals surface area contributed by atoms with Gasteiger partial charge in [-0.3, -0.25) is 0 Å². The smallest absolute Gasteiger partial charge is 0.180 e. The molecule has 1 heterocycles. The molecule has 0 spiro atoms. The highest BCUT2D eigenvalue weighted by Crippen LogP contribution is 2.51. The lowest BCUT2D eigenvalue weighted by molar-refractivity contribution is 0.660. The molecule has 2 aliphatic rings. The molecule has 0 aromatic heterocycles. The second kappa shape index (κ2) is 13.8. The minimum absolute atomic E-state index is 0.136. The number of hydrogen-bond donors (Lipinski definition) is 0. The summed E-state index contributed by atoms with van der Waals surface area (Å²) < 4.78 is 0. The molecule has 0 atom stereocenters. The van der Waals surface area contributed by atoms with Crippen molar-refractivity contribution in [3.8, 4) is 44.5 Å². The Kier molecular flexibility index (Phi) is 8.25. The molecule has 1 aliphatic heterocycles. The molecule has 1 aliphatic carbocycles. The third kappa shape index (κ3) is 5.51. The molecule has 2 heteroatoms. The molecule has 59 heavy (non-hydrogen) atoms. The van der Waals surface area contributed by atoms with Gasteiger partial charge in [0.15, 0.2) is 8.07 Å². The first-order chi connectivity index (χ1) is 29.0. The van der Waals surface area contributed by atoms with Gasteiger partial charge >= 0.3 is 0 Å². The number of rotatable bonds is 7. The van der Waals surface area contributed by atoms with Gasteiger partial charge in [0.25, 0.3) is 0 Å². The first-order valence-corrected chi connectivity index (χ1v) is 22.7. The summed E-state index contributed by atoms with van der Waals surface area (Å²) in [6.45, 7) is 4.75. The van der Waals surface area contributed by atoms with E-state index < -0.39 is 8.07 Å². The van der Waals surface area contributed by atoms with Crippen LogP contribution in [-0.2, 0) is 5.41 Å². The first kappa shape index (κ1) is 35.2. The lowest BCUT2D eigenvalue weighted by Crippen LogP contribution is -2.72. The Morgan fingerprint density at radius 1 is 0.322 bits per heavy atom. The molecule has 0 saturated carbocycles. The van der Waals surface area contributed by atoms with Crippen molar-refractivity contribution >= 4 is 45.9 Å². The van der Waals surface area contributed by atoms with E-state index >= 15 is 0 Å². The SMILES string of the molecule is CC1(C)c2ccccc2-c2ccc(N(c3ccc(-c4ccccc4)cc3)c3cc(-c4ccccc4)cc([Si]4(c5ccccc5)c5ccccc5-c5ccccc54)c3)cc21. The van der Waals surface area contributed by atoms with Gasteiger partial charge in [0.2, 0.25) is 0 Å². The molecule has 11 rings (SSSR count). The van der Waals surface area contributed by atoms with E-state index in [2.05, 4.69) is 243 Å². The van der Waals surface area contributed by atoms with Crippen LogP contribution in [-0.4, -0.2) is 8.07 Å². The third-order valence-corrected chi connectivity index (χ3v) is 17.8. The van der Waals surface area contributed by atoms with Crippen LogP contribution in [0.1, 0.15) is 25.0 Å². The fourth-order valence-electron chi connectivity index (χ4n) is 10.2. The van der Waals surface area contributed by atoms with Crippen molar-refractivity contribution in [2.45, 2.75) is 19.3 Å². The number of hydrogen-bond acceptors (Lipinski definition) is 1. The molecule has 0 unspecified atom stereocenters. The molecule has 0 saturated heterocycles. The van der Waals surface area contributed by atoms with Crippen LogP contribution in [0.2, 0.25) is 0 Å². The van der Waals surface area contributed by atoms with E-state index in [0.717, 1.165) is 17.1 Å². The maximum Gasteiger partial charge on any atom is 0.180 e. The summed E-state index contributed by atoms with van der Waals surface area (Å²) >= 11 is 0. The van der Waals surface area contributed by atoms with Crippen molar-refractivity contribution in [3.05, 3.63) is 236 Å². The fourth-order valence-corrected chi connectivity index (χ4v) is 15.4. The van der Waals surface area contributed by atoms with Crippen molar-refractivity contribution in [3.63, 3.8) is 0 Å². The van der Waals surface area contributed by atoms with E-state index in [4.69, 9.17) is 0 Å². The highest BCUT2D eigenvalue weighted by atomic mass is 28.3. The summed E-state index contributed by atoms with van der Waals surface area (Å²) in [5.74, 6) is 0. The molecule has 0 N–H and O–H groups in total. The molecular formula is C57H43NSi. The van der Waals surface area contributed by atoms with Crippen LogP contribution in [0.25, 0.3) is 44.5 Å². The van der Waals surface area contributed by atoms with Crippen LogP contribution < -0.4 is 25.6 Å². The normalized spacial score (nSPS) is 13.9. The van der Waals surface area contributed by atoms with Gasteiger partial charge in [0, 0.05) is 22.5 Å². The van der Waals surface area contributed by atoms with E-state index in [0.29, 0.717) is 0 Å². The Hall–Kier alpha value is -7.00. The minimum Gasteiger partial charge on any atom is -0.310 e. The van der Waals surface area contributed by atoms with Crippen LogP contribution in [0.5, 0.6) is 0 Å². The molecular weight excluding hydrogens is 727 g/mol. The quantitative estimate of drug-likeness (QED) is 0.146. The molecule has 280 valence electrons. The van der Waals surface area contributed by atoms with E-state index in [1.54, 1.807) is 0 Å². The van der Waals surface area contributed by atoms with Gasteiger partial charge in [-0.05, 0) is 113 Å². The Balaban J connectivity index is 1.20. The van der Waals surface area contributed by atoms with Crippen LogP contribution in [0.15, 0.2) is 224 Å². The predicted octanol–water partition coefficient (Wildman–Crippen LogP) is 12.2. The third-order valence-electron chi connectivity index (χ3n) is 12.9. The maximum absolute atomic E-state index is 2.83. The monoisotopic (exact) mass is 769 g/mol. The second-order valence-corrected chi connectivity index (χ2v) is 20.2. The predicted molar refractivity (Wildman–Crippen MR) is 252 cm³/mol. The Morgan fingerprint density at radius 3 is 1.46 bits per heavy atom. The summed E-state index contributed by atoms with van der Waals surface area (Å²) in [7, 11) is -2.83. The zero-order valence-electron chi connectivity index (χ0n) is 33.3. The molecule has 0 radical (unpaired) electrons. The average molecular weight is 770 g/mol. The second-order valence-electron chi connectivity index (χ2n) is 16.5. The van der Waals surface area contributed by atoms with Gasteiger partial charge < -0.3 is 4.90 Å². The molecule has 0 bridgehead atoms. The Bertz CT molecular complexity index is 2960.